The van der Waals surface area contributed by atoms with Crippen molar-refractivity contribution in [2.75, 3.05) is 13.2 Å². The Morgan fingerprint density at radius 3 is 1.67 bits per heavy atom. The number of hydrogen-bond donors (Lipinski definition) is 12. The maximum atomic E-state index is 13.5. The first-order chi connectivity index (χ1) is 20.3. The molecule has 0 radical (unpaired) electrons. The normalized spacial score (nSPS) is 33.1. The molecular formula is C27H30O16. The van der Waals surface area contributed by atoms with Gasteiger partial charge >= 0.3 is 0 Å². The molecule has 10 unspecified atom stereocenters. The molecule has 10 atom stereocenters. The fraction of sp³-hybridized carbons (Fsp3) is 0.444. The molecule has 16 heteroatoms. The predicted molar refractivity (Wildman–Crippen MR) is 140 cm³/mol. The second kappa shape index (κ2) is 11.5. The molecule has 12 N–H and O–H groups in total. The van der Waals surface area contributed by atoms with E-state index in [9.17, 15) is 66.1 Å². The largest absolute Gasteiger partial charge is 0.507 e. The van der Waals surface area contributed by atoms with Crippen LogP contribution in [0.2, 0.25) is 0 Å². The van der Waals surface area contributed by atoms with E-state index in [0.29, 0.717) is 0 Å². The van der Waals surface area contributed by atoms with Crippen molar-refractivity contribution in [2.45, 2.75) is 61.0 Å². The number of aliphatic hydroxyl groups excluding tert-OH is 8. The quantitative estimate of drug-likeness (QED) is 0.131. The first-order valence-electron chi connectivity index (χ1n) is 13.0. The highest BCUT2D eigenvalue weighted by molar-refractivity contribution is 5.92. The molecule has 0 amide bonds. The zero-order valence-corrected chi connectivity index (χ0v) is 22.0. The molecule has 5 rings (SSSR count). The van der Waals surface area contributed by atoms with E-state index in [0.717, 1.165) is 18.2 Å². The van der Waals surface area contributed by atoms with E-state index in [4.69, 9.17) is 13.9 Å². The molecule has 1 aromatic heterocycles. The van der Waals surface area contributed by atoms with E-state index in [1.807, 2.05) is 0 Å². The zero-order chi connectivity index (χ0) is 31.5. The highest BCUT2D eigenvalue weighted by Gasteiger charge is 2.50. The van der Waals surface area contributed by atoms with Crippen LogP contribution in [0.25, 0.3) is 22.3 Å². The van der Waals surface area contributed by atoms with E-state index >= 15 is 0 Å². The maximum Gasteiger partial charge on any atom is 0.197 e. The van der Waals surface area contributed by atoms with E-state index in [1.54, 1.807) is 0 Å². The molecule has 2 aromatic carbocycles. The van der Waals surface area contributed by atoms with Crippen LogP contribution in [0, 0.1) is 0 Å². The summed E-state index contributed by atoms with van der Waals surface area (Å²) in [5.74, 6) is -3.43. The van der Waals surface area contributed by atoms with Gasteiger partial charge in [0, 0.05) is 11.6 Å². The van der Waals surface area contributed by atoms with Crippen LogP contribution < -0.4 is 5.43 Å². The summed E-state index contributed by atoms with van der Waals surface area (Å²) in [5.41, 5.74) is -2.97. The highest BCUT2D eigenvalue weighted by Crippen LogP contribution is 2.51. The van der Waals surface area contributed by atoms with Crippen molar-refractivity contribution in [2.24, 2.45) is 0 Å². The summed E-state index contributed by atoms with van der Waals surface area (Å²) < 4.78 is 16.9. The summed E-state index contributed by atoms with van der Waals surface area (Å²) in [6.45, 7) is -1.75. The summed E-state index contributed by atoms with van der Waals surface area (Å²) in [5, 5.41) is 124. The van der Waals surface area contributed by atoms with Crippen LogP contribution >= 0.6 is 0 Å². The Kier molecular flexibility index (Phi) is 8.27. The van der Waals surface area contributed by atoms with E-state index in [1.165, 1.54) is 6.07 Å². The molecule has 2 fully saturated rings. The maximum absolute atomic E-state index is 13.5. The van der Waals surface area contributed by atoms with Crippen molar-refractivity contribution in [3.63, 3.8) is 0 Å². The molecule has 0 spiro atoms. The minimum atomic E-state index is -2.05. The summed E-state index contributed by atoms with van der Waals surface area (Å²) in [6.07, 6.45) is -18.5. The molecule has 0 saturated carbocycles. The Bertz CT molecular complexity index is 1570. The molecular weight excluding hydrogens is 580 g/mol. The van der Waals surface area contributed by atoms with Gasteiger partial charge in [0.05, 0.1) is 24.3 Å². The van der Waals surface area contributed by atoms with Gasteiger partial charge in [-0.3, -0.25) is 4.79 Å². The van der Waals surface area contributed by atoms with Crippen LogP contribution in [0.5, 0.6) is 23.0 Å². The smallest absolute Gasteiger partial charge is 0.197 e. The molecule has 3 aromatic rings. The lowest BCUT2D eigenvalue weighted by Gasteiger charge is -2.42. The topological polar surface area (TPSA) is 291 Å². The lowest BCUT2D eigenvalue weighted by Crippen LogP contribution is -2.55. The second-order valence-corrected chi connectivity index (χ2v) is 10.4. The minimum absolute atomic E-state index is 0.0334. The molecule has 2 saturated heterocycles. The third-order valence-corrected chi connectivity index (χ3v) is 7.81. The molecule has 0 aliphatic carbocycles. The Morgan fingerprint density at radius 1 is 0.628 bits per heavy atom. The van der Waals surface area contributed by atoms with Gasteiger partial charge in [0.2, 0.25) is 0 Å². The van der Waals surface area contributed by atoms with Gasteiger partial charge in [0.1, 0.15) is 83.7 Å². The number of hydrogen-bond acceptors (Lipinski definition) is 16. The number of aliphatic hydroxyl groups is 8. The van der Waals surface area contributed by atoms with Crippen molar-refractivity contribution < 1.29 is 75.2 Å². The lowest BCUT2D eigenvalue weighted by molar-refractivity contribution is -0.234. The predicted octanol–water partition coefficient (Wildman–Crippen LogP) is -2.69. The van der Waals surface area contributed by atoms with Gasteiger partial charge in [0.25, 0.3) is 0 Å². The number of phenolic OH excluding ortho intramolecular Hbond substituents is 4. The van der Waals surface area contributed by atoms with Crippen molar-refractivity contribution >= 4 is 11.0 Å². The third kappa shape index (κ3) is 4.96. The average Bonchev–Trinajstić information content (AvgIpc) is 2.98. The van der Waals surface area contributed by atoms with Crippen molar-refractivity contribution in [3.8, 4) is 34.3 Å². The highest BCUT2D eigenvalue weighted by atomic mass is 16.6. The number of rotatable bonds is 5. The number of ether oxygens (including phenoxy) is 2. The van der Waals surface area contributed by atoms with Gasteiger partial charge in [-0.1, -0.05) is 0 Å². The molecule has 2 aliphatic heterocycles. The zero-order valence-electron chi connectivity index (χ0n) is 22.0. The van der Waals surface area contributed by atoms with Gasteiger partial charge in [0.15, 0.2) is 22.5 Å². The van der Waals surface area contributed by atoms with Gasteiger partial charge in [-0.2, -0.15) is 0 Å². The first kappa shape index (κ1) is 30.9. The summed E-state index contributed by atoms with van der Waals surface area (Å²) in [4.78, 5) is 13.5. The SMILES string of the molecule is O=c1cc(-c2ccc(O)c(O)c2)oc2c(C3OC(CO)C(O)C(O)C3O)c(O)c(C3OC(CO)C(O)C(O)C3O)c(O)c12. The first-order valence-corrected chi connectivity index (χ1v) is 13.0. The molecule has 0 bridgehead atoms. The van der Waals surface area contributed by atoms with Gasteiger partial charge < -0.3 is 75.2 Å². The number of phenols is 4. The van der Waals surface area contributed by atoms with Crippen LogP contribution in [0.1, 0.15) is 23.3 Å². The summed E-state index contributed by atoms with van der Waals surface area (Å²) in [7, 11) is 0. The number of aromatic hydroxyl groups is 4. The van der Waals surface area contributed by atoms with Gasteiger partial charge in [-0.05, 0) is 18.2 Å². The standard InChI is InChI=1S/C27H30O16/c28-5-12-17(33)21(37)23(39)26(42-12)15-19(35)14-10(32)4-11(7-1-2-8(30)9(31)3-7)41-25(14)16(20(15)36)27-24(40)22(38)18(34)13(6-29)43-27/h1-4,12-13,17-18,21-24,26-31,33-40H,5-6H2. The third-order valence-electron chi connectivity index (χ3n) is 7.81. The number of benzene rings is 2. The molecule has 234 valence electrons. The lowest BCUT2D eigenvalue weighted by atomic mass is 9.85. The Hall–Kier alpha value is -3.55. The van der Waals surface area contributed by atoms with E-state index in [-0.39, 0.29) is 11.3 Å². The average molecular weight is 611 g/mol. The molecule has 3 heterocycles. The summed E-state index contributed by atoms with van der Waals surface area (Å²) >= 11 is 0. The fourth-order valence-electron chi connectivity index (χ4n) is 5.44. The van der Waals surface area contributed by atoms with E-state index < -0.39 is 125 Å². The number of fused-ring (bicyclic) bond motifs is 1. The van der Waals surface area contributed by atoms with E-state index in [2.05, 4.69) is 0 Å². The van der Waals surface area contributed by atoms with Crippen LogP contribution in [0.3, 0.4) is 0 Å². The van der Waals surface area contributed by atoms with Crippen LogP contribution in [-0.4, -0.2) is 123 Å². The Labute approximate surface area is 240 Å². The monoisotopic (exact) mass is 610 g/mol. The van der Waals surface area contributed by atoms with Crippen LogP contribution in [-0.2, 0) is 9.47 Å². The van der Waals surface area contributed by atoms with Gasteiger partial charge in [-0.15, -0.1) is 0 Å². The van der Waals surface area contributed by atoms with Crippen molar-refractivity contribution in [1.82, 2.24) is 0 Å². The van der Waals surface area contributed by atoms with Crippen molar-refractivity contribution in [1.29, 1.82) is 0 Å². The molecule has 2 aliphatic rings. The van der Waals surface area contributed by atoms with Crippen LogP contribution in [0.15, 0.2) is 33.5 Å². The van der Waals surface area contributed by atoms with Crippen LogP contribution in [0.4, 0.5) is 0 Å². The molecule has 16 nitrogen and oxygen atoms in total. The second-order valence-electron chi connectivity index (χ2n) is 10.4. The van der Waals surface area contributed by atoms with Gasteiger partial charge in [-0.25, -0.2) is 0 Å². The minimum Gasteiger partial charge on any atom is -0.507 e. The van der Waals surface area contributed by atoms with Crippen molar-refractivity contribution in [3.05, 3.63) is 45.6 Å². The fourth-order valence-corrected chi connectivity index (χ4v) is 5.44. The molecule has 43 heavy (non-hydrogen) atoms. The summed E-state index contributed by atoms with van der Waals surface area (Å²) in [6, 6.07) is 4.26. The Morgan fingerprint density at radius 2 is 1.16 bits per heavy atom. The Balaban J connectivity index is 1.82.